The zero-order valence-electron chi connectivity index (χ0n) is 10.7. The van der Waals surface area contributed by atoms with E-state index in [9.17, 15) is 4.79 Å². The highest BCUT2D eigenvalue weighted by Crippen LogP contribution is 2.27. The summed E-state index contributed by atoms with van der Waals surface area (Å²) in [6, 6.07) is 0.0218. The van der Waals surface area contributed by atoms with Crippen LogP contribution in [0.3, 0.4) is 0 Å². The molecule has 2 aliphatic rings. The highest BCUT2D eigenvalue weighted by molar-refractivity contribution is 5.73. The van der Waals surface area contributed by atoms with Crippen molar-refractivity contribution in [2.24, 2.45) is 17.6 Å². The largest absolute Gasteiger partial charge is 0.465 e. The van der Waals surface area contributed by atoms with Crippen molar-refractivity contribution in [1.29, 1.82) is 0 Å². The van der Waals surface area contributed by atoms with E-state index in [1.807, 2.05) is 0 Å². The van der Waals surface area contributed by atoms with Crippen molar-refractivity contribution in [2.75, 3.05) is 6.61 Å². The van der Waals surface area contributed by atoms with Crippen molar-refractivity contribution >= 4 is 5.97 Å². The lowest BCUT2D eigenvalue weighted by atomic mass is 9.96. The smallest absolute Gasteiger partial charge is 0.310 e. The molecular weight excluding hydrogens is 214 g/mol. The van der Waals surface area contributed by atoms with Gasteiger partial charge >= 0.3 is 5.97 Å². The summed E-state index contributed by atoms with van der Waals surface area (Å²) >= 11 is 0. The van der Waals surface area contributed by atoms with Gasteiger partial charge in [0.25, 0.3) is 0 Å². The van der Waals surface area contributed by atoms with Gasteiger partial charge in [-0.15, -0.1) is 0 Å². The van der Waals surface area contributed by atoms with E-state index in [1.165, 1.54) is 32.1 Å². The fourth-order valence-electron chi connectivity index (χ4n) is 3.11. The van der Waals surface area contributed by atoms with Gasteiger partial charge in [-0.2, -0.15) is 0 Å². The molecule has 0 radical (unpaired) electrons. The second-order valence-electron chi connectivity index (χ2n) is 5.69. The molecule has 3 nitrogen and oxygen atoms in total. The van der Waals surface area contributed by atoms with Crippen molar-refractivity contribution in [3.05, 3.63) is 0 Å². The summed E-state index contributed by atoms with van der Waals surface area (Å²) in [5, 5.41) is 0. The zero-order valence-corrected chi connectivity index (χ0v) is 10.7. The van der Waals surface area contributed by atoms with Gasteiger partial charge in [0.15, 0.2) is 0 Å². The Kier molecular flexibility index (Phi) is 4.84. The van der Waals surface area contributed by atoms with E-state index in [0.29, 0.717) is 12.5 Å². The predicted molar refractivity (Wildman–Crippen MR) is 67.5 cm³/mol. The van der Waals surface area contributed by atoms with Crippen molar-refractivity contribution in [3.63, 3.8) is 0 Å². The maximum absolute atomic E-state index is 12.0. The molecule has 17 heavy (non-hydrogen) atoms. The molecule has 0 amide bonds. The molecule has 0 aromatic rings. The Hall–Kier alpha value is -0.570. The van der Waals surface area contributed by atoms with Crippen LogP contribution in [-0.4, -0.2) is 18.6 Å². The summed E-state index contributed by atoms with van der Waals surface area (Å²) in [5.41, 5.74) is 6.06. The van der Waals surface area contributed by atoms with Crippen LogP contribution in [0.1, 0.15) is 57.8 Å². The maximum atomic E-state index is 12.0. The third kappa shape index (κ3) is 3.70. The lowest BCUT2D eigenvalue weighted by Crippen LogP contribution is -2.36. The number of hydrogen-bond donors (Lipinski definition) is 1. The van der Waals surface area contributed by atoms with Gasteiger partial charge in [-0.1, -0.05) is 32.1 Å². The second kappa shape index (κ2) is 6.39. The Morgan fingerprint density at radius 1 is 1.00 bits per heavy atom. The van der Waals surface area contributed by atoms with Crippen LogP contribution in [0.2, 0.25) is 0 Å². The summed E-state index contributed by atoms with van der Waals surface area (Å²) in [4.78, 5) is 12.0. The third-order valence-corrected chi connectivity index (χ3v) is 4.31. The van der Waals surface area contributed by atoms with Crippen LogP contribution in [0.4, 0.5) is 0 Å². The van der Waals surface area contributed by atoms with Gasteiger partial charge in [0.2, 0.25) is 0 Å². The number of carbonyl (C=O) groups excluding carboxylic acids is 1. The minimum atomic E-state index is -0.0427. The van der Waals surface area contributed by atoms with Crippen molar-refractivity contribution in [1.82, 2.24) is 0 Å². The number of ether oxygens (including phenoxy) is 1. The summed E-state index contributed by atoms with van der Waals surface area (Å²) in [6.07, 6.45) is 10.4. The van der Waals surface area contributed by atoms with Gasteiger partial charge in [-0.3, -0.25) is 4.79 Å². The lowest BCUT2D eigenvalue weighted by Gasteiger charge is -2.20. The predicted octanol–water partition coefficient (Wildman–Crippen LogP) is 2.63. The van der Waals surface area contributed by atoms with E-state index in [-0.39, 0.29) is 17.9 Å². The molecule has 0 heterocycles. The molecule has 2 atom stereocenters. The highest BCUT2D eigenvalue weighted by Gasteiger charge is 2.29. The normalized spacial score (nSPS) is 31.1. The van der Waals surface area contributed by atoms with Gasteiger partial charge in [0, 0.05) is 6.04 Å². The van der Waals surface area contributed by atoms with E-state index in [2.05, 4.69) is 0 Å². The minimum absolute atomic E-state index is 0.0218. The first-order chi connectivity index (χ1) is 8.27. The van der Waals surface area contributed by atoms with Crippen molar-refractivity contribution in [2.45, 2.75) is 63.8 Å². The molecule has 2 rings (SSSR count). The zero-order chi connectivity index (χ0) is 12.1. The first-order valence-electron chi connectivity index (χ1n) is 7.19. The summed E-state index contributed by atoms with van der Waals surface area (Å²) in [7, 11) is 0. The monoisotopic (exact) mass is 239 g/mol. The molecule has 2 saturated carbocycles. The van der Waals surface area contributed by atoms with Gasteiger partial charge in [-0.05, 0) is 31.6 Å². The van der Waals surface area contributed by atoms with E-state index in [0.717, 1.165) is 25.7 Å². The number of carbonyl (C=O) groups is 1. The molecule has 2 fully saturated rings. The van der Waals surface area contributed by atoms with Crippen LogP contribution in [0.15, 0.2) is 0 Å². The molecule has 0 aromatic carbocycles. The molecule has 2 N–H and O–H groups in total. The number of esters is 1. The van der Waals surface area contributed by atoms with Crippen LogP contribution >= 0.6 is 0 Å². The van der Waals surface area contributed by atoms with Gasteiger partial charge in [0.1, 0.15) is 0 Å². The molecule has 0 saturated heterocycles. The van der Waals surface area contributed by atoms with E-state index in [4.69, 9.17) is 10.5 Å². The number of rotatable bonds is 3. The Bertz CT molecular complexity index is 249. The van der Waals surface area contributed by atoms with Crippen LogP contribution in [0, 0.1) is 11.8 Å². The first-order valence-corrected chi connectivity index (χ1v) is 7.19. The Morgan fingerprint density at radius 3 is 2.41 bits per heavy atom. The van der Waals surface area contributed by atoms with Crippen LogP contribution in [0.25, 0.3) is 0 Å². The minimum Gasteiger partial charge on any atom is -0.465 e. The molecule has 2 unspecified atom stereocenters. The third-order valence-electron chi connectivity index (χ3n) is 4.31. The summed E-state index contributed by atoms with van der Waals surface area (Å²) in [5.74, 6) is 0.533. The molecule has 98 valence electrons. The quantitative estimate of drug-likeness (QED) is 0.608. The molecule has 0 aliphatic heterocycles. The molecule has 3 heteroatoms. The van der Waals surface area contributed by atoms with Gasteiger partial charge in [0.05, 0.1) is 12.5 Å². The standard InChI is InChI=1S/C14H25NO2/c15-13-9-3-1-2-8-12(13)14(16)17-10-11-6-4-5-7-11/h11-13H,1-10,15H2. The molecule has 0 aromatic heterocycles. The Morgan fingerprint density at radius 2 is 1.65 bits per heavy atom. The van der Waals surface area contributed by atoms with Crippen molar-refractivity contribution < 1.29 is 9.53 Å². The molecule has 0 spiro atoms. The van der Waals surface area contributed by atoms with E-state index < -0.39 is 0 Å². The van der Waals surface area contributed by atoms with Crippen LogP contribution in [-0.2, 0) is 9.53 Å². The molecular formula is C14H25NO2. The van der Waals surface area contributed by atoms with Gasteiger partial charge < -0.3 is 10.5 Å². The Labute approximate surface area is 104 Å². The van der Waals surface area contributed by atoms with Gasteiger partial charge in [-0.25, -0.2) is 0 Å². The van der Waals surface area contributed by atoms with E-state index in [1.54, 1.807) is 0 Å². The van der Waals surface area contributed by atoms with E-state index >= 15 is 0 Å². The van der Waals surface area contributed by atoms with Crippen LogP contribution < -0.4 is 5.73 Å². The average molecular weight is 239 g/mol. The topological polar surface area (TPSA) is 52.3 Å². The van der Waals surface area contributed by atoms with Crippen molar-refractivity contribution in [3.8, 4) is 0 Å². The number of nitrogens with two attached hydrogens (primary N) is 1. The Balaban J connectivity index is 1.76. The molecule has 0 bridgehead atoms. The maximum Gasteiger partial charge on any atom is 0.310 e. The molecule has 2 aliphatic carbocycles. The summed E-state index contributed by atoms with van der Waals surface area (Å²) in [6.45, 7) is 0.627. The highest BCUT2D eigenvalue weighted by atomic mass is 16.5. The van der Waals surface area contributed by atoms with Crippen LogP contribution in [0.5, 0.6) is 0 Å². The first kappa shape index (κ1) is 12.9. The second-order valence-corrected chi connectivity index (χ2v) is 5.69. The number of hydrogen-bond acceptors (Lipinski definition) is 3. The summed E-state index contributed by atoms with van der Waals surface area (Å²) < 4.78 is 5.47. The SMILES string of the molecule is NC1CCCCCC1C(=O)OCC1CCCC1. The fourth-order valence-corrected chi connectivity index (χ4v) is 3.11. The lowest BCUT2D eigenvalue weighted by molar-refractivity contribution is -0.150. The average Bonchev–Trinajstić information content (AvgIpc) is 2.75. The fraction of sp³-hybridized carbons (Fsp3) is 0.929.